The van der Waals surface area contributed by atoms with Crippen molar-refractivity contribution in [3.63, 3.8) is 0 Å². The first-order chi connectivity index (χ1) is 8.43. The molecule has 0 unspecified atom stereocenters. The maximum absolute atomic E-state index is 11.5. The Labute approximate surface area is 106 Å². The molecule has 18 heavy (non-hydrogen) atoms. The van der Waals surface area contributed by atoms with Gasteiger partial charge in [-0.2, -0.15) is 8.42 Å². The molecule has 0 heterocycles. The third-order valence-electron chi connectivity index (χ3n) is 2.93. The molecular weight excluding hydrogens is 254 g/mol. The Bertz CT molecular complexity index is 624. The van der Waals surface area contributed by atoms with Gasteiger partial charge in [-0.1, -0.05) is 0 Å². The summed E-state index contributed by atoms with van der Waals surface area (Å²) < 4.78 is 32.4. The quantitative estimate of drug-likeness (QED) is 0.530. The third kappa shape index (κ3) is 1.72. The standard InChI is InChI=1S/C11H15N3O3S/c1-12-6-4-7-8(5-6)11(18(15,16)17)10(14-3)9(7)13-2/h4-5,12-14H,1-3H3,(H,15,16,17). The van der Waals surface area contributed by atoms with Crippen molar-refractivity contribution < 1.29 is 13.0 Å². The normalized spacial score (nSPS) is 18.7. The lowest BCUT2D eigenvalue weighted by molar-refractivity contribution is 0.491. The van der Waals surface area contributed by atoms with Crippen LogP contribution in [0.4, 0.5) is 0 Å². The minimum absolute atomic E-state index is 0.0918. The molecule has 98 valence electrons. The van der Waals surface area contributed by atoms with Gasteiger partial charge in [-0.15, -0.1) is 0 Å². The number of hydrogen-bond acceptors (Lipinski definition) is 5. The van der Waals surface area contributed by atoms with Crippen molar-refractivity contribution in [2.24, 2.45) is 0 Å². The van der Waals surface area contributed by atoms with E-state index in [1.807, 2.05) is 6.08 Å². The minimum atomic E-state index is -4.29. The summed E-state index contributed by atoms with van der Waals surface area (Å²) in [6, 6.07) is 0. The first kappa shape index (κ1) is 12.7. The van der Waals surface area contributed by atoms with Crippen LogP contribution in [0.2, 0.25) is 0 Å². The Morgan fingerprint density at radius 2 is 1.61 bits per heavy atom. The maximum Gasteiger partial charge on any atom is 0.297 e. The van der Waals surface area contributed by atoms with Gasteiger partial charge in [-0.3, -0.25) is 4.55 Å². The molecule has 0 saturated heterocycles. The van der Waals surface area contributed by atoms with Crippen molar-refractivity contribution in [3.8, 4) is 0 Å². The lowest BCUT2D eigenvalue weighted by Gasteiger charge is -2.09. The fourth-order valence-corrected chi connectivity index (χ4v) is 3.11. The summed E-state index contributed by atoms with van der Waals surface area (Å²) in [6.45, 7) is 0. The molecule has 0 aromatic carbocycles. The first-order valence-electron chi connectivity index (χ1n) is 5.37. The average Bonchev–Trinajstić information content (AvgIpc) is 2.81. The lowest BCUT2D eigenvalue weighted by atomic mass is 10.2. The molecule has 0 amide bonds. The summed E-state index contributed by atoms with van der Waals surface area (Å²) in [5, 5.41) is 8.71. The average molecular weight is 269 g/mol. The molecule has 0 aromatic rings. The molecular formula is C11H15N3O3S. The largest absolute Gasteiger partial charge is 0.388 e. The Morgan fingerprint density at radius 3 is 2.06 bits per heavy atom. The van der Waals surface area contributed by atoms with E-state index in [1.165, 1.54) is 0 Å². The SMILES string of the molecule is CNC1=CC2=C(NC)C(NC)=C(S(=O)(=O)O)C2=C1. The molecule has 0 bridgehead atoms. The second kappa shape index (κ2) is 4.18. The topological polar surface area (TPSA) is 90.5 Å². The molecule has 0 spiro atoms. The molecule has 0 saturated carbocycles. The highest BCUT2D eigenvalue weighted by atomic mass is 32.2. The van der Waals surface area contributed by atoms with Gasteiger partial charge in [0.05, 0.1) is 11.4 Å². The van der Waals surface area contributed by atoms with Gasteiger partial charge in [0.1, 0.15) is 4.91 Å². The molecule has 0 aliphatic heterocycles. The van der Waals surface area contributed by atoms with Gasteiger partial charge in [0.15, 0.2) is 0 Å². The summed E-state index contributed by atoms with van der Waals surface area (Å²) in [5.41, 5.74) is 3.08. The van der Waals surface area contributed by atoms with Crippen LogP contribution in [0.15, 0.2) is 45.3 Å². The smallest absolute Gasteiger partial charge is 0.297 e. The van der Waals surface area contributed by atoms with Gasteiger partial charge in [0, 0.05) is 38.0 Å². The van der Waals surface area contributed by atoms with Gasteiger partial charge in [0.2, 0.25) is 0 Å². The monoisotopic (exact) mass is 269 g/mol. The number of nitrogens with one attached hydrogen (secondary N) is 3. The van der Waals surface area contributed by atoms with Gasteiger partial charge in [-0.05, 0) is 12.2 Å². The molecule has 4 N–H and O–H groups in total. The number of hydrogen-bond donors (Lipinski definition) is 4. The van der Waals surface area contributed by atoms with Crippen LogP contribution >= 0.6 is 0 Å². The van der Waals surface area contributed by atoms with E-state index in [4.69, 9.17) is 0 Å². The van der Waals surface area contributed by atoms with E-state index in [0.717, 1.165) is 11.3 Å². The van der Waals surface area contributed by atoms with Crippen molar-refractivity contribution >= 4 is 10.1 Å². The maximum atomic E-state index is 11.5. The number of fused-ring (bicyclic) bond motifs is 1. The Balaban J connectivity index is 2.69. The first-order valence-corrected chi connectivity index (χ1v) is 6.81. The summed E-state index contributed by atoms with van der Waals surface area (Å²) in [5.74, 6) is 0. The van der Waals surface area contributed by atoms with Gasteiger partial charge in [0.25, 0.3) is 10.1 Å². The molecule has 0 atom stereocenters. The molecule has 0 radical (unpaired) electrons. The fraction of sp³-hybridized carbons (Fsp3) is 0.273. The summed E-state index contributed by atoms with van der Waals surface area (Å²) in [6.07, 6.45) is 3.52. The van der Waals surface area contributed by atoms with E-state index >= 15 is 0 Å². The summed E-state index contributed by atoms with van der Waals surface area (Å²) in [4.78, 5) is -0.0918. The van der Waals surface area contributed by atoms with Crippen LogP contribution in [-0.2, 0) is 10.1 Å². The van der Waals surface area contributed by atoms with Crippen molar-refractivity contribution in [1.82, 2.24) is 16.0 Å². The van der Waals surface area contributed by atoms with Crippen molar-refractivity contribution in [2.45, 2.75) is 0 Å². The van der Waals surface area contributed by atoms with E-state index in [1.54, 1.807) is 27.2 Å². The molecule has 7 heteroatoms. The zero-order chi connectivity index (χ0) is 13.5. The van der Waals surface area contributed by atoms with Crippen LogP contribution in [0.3, 0.4) is 0 Å². The highest BCUT2D eigenvalue weighted by Gasteiger charge is 2.36. The van der Waals surface area contributed by atoms with E-state index < -0.39 is 10.1 Å². The van der Waals surface area contributed by atoms with E-state index in [9.17, 15) is 13.0 Å². The van der Waals surface area contributed by atoms with Crippen LogP contribution in [0.1, 0.15) is 0 Å². The van der Waals surface area contributed by atoms with Crippen LogP contribution in [0.5, 0.6) is 0 Å². The summed E-state index contributed by atoms with van der Waals surface area (Å²) >= 11 is 0. The zero-order valence-electron chi connectivity index (χ0n) is 10.3. The number of likely N-dealkylation sites (N-methyl/N-ethyl adjacent to an activating group) is 3. The van der Waals surface area contributed by atoms with Crippen molar-refractivity contribution in [2.75, 3.05) is 21.1 Å². The molecule has 2 rings (SSSR count). The van der Waals surface area contributed by atoms with Crippen LogP contribution < -0.4 is 16.0 Å². The number of rotatable bonds is 4. The van der Waals surface area contributed by atoms with Crippen LogP contribution in [0.25, 0.3) is 0 Å². The molecule has 0 aromatic heterocycles. The number of allylic oxidation sites excluding steroid dienone is 4. The van der Waals surface area contributed by atoms with Gasteiger partial charge in [-0.25, -0.2) is 0 Å². The van der Waals surface area contributed by atoms with Crippen LogP contribution in [-0.4, -0.2) is 34.1 Å². The molecule has 6 nitrogen and oxygen atoms in total. The lowest BCUT2D eigenvalue weighted by Crippen LogP contribution is -2.19. The second-order valence-electron chi connectivity index (χ2n) is 3.88. The van der Waals surface area contributed by atoms with Crippen molar-refractivity contribution in [3.05, 3.63) is 45.3 Å². The predicted molar refractivity (Wildman–Crippen MR) is 68.9 cm³/mol. The Kier molecular flexibility index (Phi) is 2.95. The van der Waals surface area contributed by atoms with E-state index in [0.29, 0.717) is 17.0 Å². The van der Waals surface area contributed by atoms with Crippen molar-refractivity contribution in [1.29, 1.82) is 0 Å². The van der Waals surface area contributed by atoms with Gasteiger partial charge >= 0.3 is 0 Å². The summed E-state index contributed by atoms with van der Waals surface area (Å²) in [7, 11) is 0.780. The second-order valence-corrected chi connectivity index (χ2v) is 5.23. The minimum Gasteiger partial charge on any atom is -0.388 e. The predicted octanol–water partition coefficient (Wildman–Crippen LogP) is -0.164. The molecule has 0 fully saturated rings. The fourth-order valence-electron chi connectivity index (χ4n) is 2.20. The highest BCUT2D eigenvalue weighted by molar-refractivity contribution is 7.90. The zero-order valence-corrected chi connectivity index (χ0v) is 11.1. The Hall–Kier alpha value is -1.73. The molecule has 2 aliphatic carbocycles. The van der Waals surface area contributed by atoms with Gasteiger partial charge < -0.3 is 16.0 Å². The van der Waals surface area contributed by atoms with Crippen LogP contribution in [0, 0.1) is 0 Å². The van der Waals surface area contributed by atoms with E-state index in [2.05, 4.69) is 16.0 Å². The Morgan fingerprint density at radius 1 is 1.00 bits per heavy atom. The van der Waals surface area contributed by atoms with E-state index in [-0.39, 0.29) is 4.91 Å². The third-order valence-corrected chi connectivity index (χ3v) is 3.87. The molecule has 2 aliphatic rings. The highest BCUT2D eigenvalue weighted by Crippen LogP contribution is 2.41.